The number of hydrogen-bond donors (Lipinski definition) is 1. The van der Waals surface area contributed by atoms with Crippen LogP contribution in [0.3, 0.4) is 0 Å². The maximum absolute atomic E-state index is 13.5. The third-order valence-corrected chi connectivity index (χ3v) is 2.45. The van der Waals surface area contributed by atoms with Crippen molar-refractivity contribution in [1.29, 1.82) is 0 Å². The second-order valence-corrected chi connectivity index (χ2v) is 4.41. The van der Waals surface area contributed by atoms with Gasteiger partial charge in [0.25, 0.3) is 0 Å². The first-order valence-electron chi connectivity index (χ1n) is 5.77. The molecule has 1 N–H and O–H groups in total. The summed E-state index contributed by atoms with van der Waals surface area (Å²) < 4.78 is 40.7. The van der Waals surface area contributed by atoms with E-state index in [2.05, 4.69) is 15.6 Å². The molecular weight excluding hydrogens is 257 g/mol. The second-order valence-electron chi connectivity index (χ2n) is 4.41. The van der Waals surface area contributed by atoms with Crippen molar-refractivity contribution in [3.63, 3.8) is 0 Å². The zero-order valence-electron chi connectivity index (χ0n) is 10.5. The number of hydrogen-bond acceptors (Lipinski definition) is 3. The van der Waals surface area contributed by atoms with Crippen LogP contribution in [0.1, 0.15) is 19.5 Å². The number of aromatic nitrogens is 3. The van der Waals surface area contributed by atoms with E-state index in [1.807, 2.05) is 13.8 Å². The zero-order chi connectivity index (χ0) is 14.0. The topological polar surface area (TPSA) is 42.7 Å². The van der Waals surface area contributed by atoms with Gasteiger partial charge in [-0.1, -0.05) is 19.1 Å². The smallest absolute Gasteiger partial charge is 0.184 e. The Morgan fingerprint density at radius 3 is 2.68 bits per heavy atom. The largest absolute Gasteiger partial charge is 0.309 e. The van der Waals surface area contributed by atoms with E-state index in [0.717, 1.165) is 10.7 Å². The molecule has 0 aliphatic carbocycles. The molecule has 0 radical (unpaired) electrons. The van der Waals surface area contributed by atoms with E-state index in [0.29, 0.717) is 18.3 Å². The predicted octanol–water partition coefficient (Wildman–Crippen LogP) is 2.18. The van der Waals surface area contributed by atoms with Crippen molar-refractivity contribution < 1.29 is 13.2 Å². The number of rotatable bonds is 4. The summed E-state index contributed by atoms with van der Waals surface area (Å²) in [5, 5.41) is 10.6. The fourth-order valence-corrected chi connectivity index (χ4v) is 1.51. The summed E-state index contributed by atoms with van der Waals surface area (Å²) in [5.41, 5.74) is 0.249. The lowest BCUT2D eigenvalue weighted by Crippen LogP contribution is -2.21. The Morgan fingerprint density at radius 2 is 2.00 bits per heavy atom. The van der Waals surface area contributed by atoms with Crippen molar-refractivity contribution in [2.75, 3.05) is 0 Å². The summed E-state index contributed by atoms with van der Waals surface area (Å²) in [4.78, 5) is 0. The first kappa shape index (κ1) is 13.5. The lowest BCUT2D eigenvalue weighted by molar-refractivity contribution is 0.487. The highest BCUT2D eigenvalue weighted by Crippen LogP contribution is 2.17. The summed E-state index contributed by atoms with van der Waals surface area (Å²) in [6.07, 6.45) is 1.42. The van der Waals surface area contributed by atoms with Gasteiger partial charge < -0.3 is 5.32 Å². The average molecular weight is 270 g/mol. The van der Waals surface area contributed by atoms with E-state index >= 15 is 0 Å². The van der Waals surface area contributed by atoms with Crippen LogP contribution in [0, 0.1) is 17.5 Å². The highest BCUT2D eigenvalue weighted by molar-refractivity contribution is 5.34. The average Bonchev–Trinajstić information content (AvgIpc) is 2.79. The highest BCUT2D eigenvalue weighted by Gasteiger charge is 2.14. The Labute approximate surface area is 108 Å². The van der Waals surface area contributed by atoms with E-state index in [9.17, 15) is 13.2 Å². The molecular formula is C12H13F3N4. The maximum atomic E-state index is 13.5. The SMILES string of the molecule is CC(C)NCc1cn(-c2cc(F)cc(F)c2F)nn1. The minimum Gasteiger partial charge on any atom is -0.309 e. The highest BCUT2D eigenvalue weighted by atomic mass is 19.2. The van der Waals surface area contributed by atoms with Crippen LogP contribution in [0.5, 0.6) is 0 Å². The minimum absolute atomic E-state index is 0.258. The van der Waals surface area contributed by atoms with E-state index < -0.39 is 17.5 Å². The predicted molar refractivity (Wildman–Crippen MR) is 63.2 cm³/mol. The summed E-state index contributed by atoms with van der Waals surface area (Å²) in [5.74, 6) is -3.28. The lowest BCUT2D eigenvalue weighted by atomic mass is 10.3. The molecule has 0 spiro atoms. The Kier molecular flexibility index (Phi) is 3.84. The molecule has 2 rings (SSSR count). The number of halogens is 3. The molecule has 0 fully saturated rings. The van der Waals surface area contributed by atoms with E-state index in [4.69, 9.17) is 0 Å². The van der Waals surface area contributed by atoms with Crippen molar-refractivity contribution in [2.45, 2.75) is 26.4 Å². The van der Waals surface area contributed by atoms with Crippen LogP contribution in [-0.4, -0.2) is 21.0 Å². The lowest BCUT2D eigenvalue weighted by Gasteiger charge is -2.04. The van der Waals surface area contributed by atoms with E-state index in [-0.39, 0.29) is 11.7 Å². The van der Waals surface area contributed by atoms with Gasteiger partial charge in [0.2, 0.25) is 0 Å². The number of nitrogens with zero attached hydrogens (tertiary/aromatic N) is 3. The normalized spacial score (nSPS) is 11.3. The molecule has 0 unspecified atom stereocenters. The summed E-state index contributed by atoms with van der Waals surface area (Å²) in [6, 6.07) is 1.61. The van der Waals surface area contributed by atoms with Crippen LogP contribution in [0.2, 0.25) is 0 Å². The molecule has 1 aromatic heterocycles. The molecule has 7 heteroatoms. The molecule has 0 amide bonds. The van der Waals surface area contributed by atoms with Crippen molar-refractivity contribution in [3.05, 3.63) is 41.5 Å². The molecule has 102 valence electrons. The molecule has 0 aliphatic rings. The summed E-state index contributed by atoms with van der Waals surface area (Å²) in [6.45, 7) is 4.37. The van der Waals surface area contributed by atoms with Gasteiger partial charge in [-0.3, -0.25) is 0 Å². The quantitative estimate of drug-likeness (QED) is 0.866. The maximum Gasteiger partial charge on any atom is 0.184 e. The fraction of sp³-hybridized carbons (Fsp3) is 0.333. The van der Waals surface area contributed by atoms with Crippen LogP contribution in [0.15, 0.2) is 18.3 Å². The van der Waals surface area contributed by atoms with Crippen molar-refractivity contribution >= 4 is 0 Å². The molecule has 0 bridgehead atoms. The van der Waals surface area contributed by atoms with Gasteiger partial charge in [0.05, 0.1) is 11.9 Å². The standard InChI is InChI=1S/C12H13F3N4/c1-7(2)16-5-9-6-19(18-17-9)11-4-8(13)3-10(14)12(11)15/h3-4,6-7,16H,5H2,1-2H3. The van der Waals surface area contributed by atoms with Gasteiger partial charge in [-0.2, -0.15) is 0 Å². The molecule has 2 aromatic rings. The van der Waals surface area contributed by atoms with Crippen molar-refractivity contribution in [1.82, 2.24) is 20.3 Å². The summed E-state index contributed by atoms with van der Waals surface area (Å²) >= 11 is 0. The Morgan fingerprint density at radius 1 is 1.26 bits per heavy atom. The van der Waals surface area contributed by atoms with Crippen LogP contribution in [0.4, 0.5) is 13.2 Å². The van der Waals surface area contributed by atoms with Gasteiger partial charge in [0.15, 0.2) is 11.6 Å². The number of nitrogens with one attached hydrogen (secondary N) is 1. The molecule has 0 aliphatic heterocycles. The van der Waals surface area contributed by atoms with Crippen LogP contribution < -0.4 is 5.32 Å². The third-order valence-electron chi connectivity index (χ3n) is 2.45. The number of benzene rings is 1. The Bertz CT molecular complexity index is 580. The zero-order valence-corrected chi connectivity index (χ0v) is 10.5. The Balaban J connectivity index is 2.28. The van der Waals surface area contributed by atoms with Crippen LogP contribution >= 0.6 is 0 Å². The van der Waals surface area contributed by atoms with Gasteiger partial charge in [0, 0.05) is 24.7 Å². The van der Waals surface area contributed by atoms with Gasteiger partial charge in [-0.15, -0.1) is 5.10 Å². The van der Waals surface area contributed by atoms with Crippen LogP contribution in [0.25, 0.3) is 5.69 Å². The molecule has 19 heavy (non-hydrogen) atoms. The first-order valence-corrected chi connectivity index (χ1v) is 5.77. The van der Waals surface area contributed by atoms with Crippen molar-refractivity contribution in [2.24, 2.45) is 0 Å². The Hall–Kier alpha value is -1.89. The van der Waals surface area contributed by atoms with Gasteiger partial charge in [-0.25, -0.2) is 17.9 Å². The van der Waals surface area contributed by atoms with Gasteiger partial charge in [-0.05, 0) is 0 Å². The molecule has 0 atom stereocenters. The van der Waals surface area contributed by atoms with E-state index in [1.54, 1.807) is 0 Å². The first-order chi connectivity index (χ1) is 8.97. The molecule has 0 saturated heterocycles. The molecule has 1 aromatic carbocycles. The molecule has 4 nitrogen and oxygen atoms in total. The van der Waals surface area contributed by atoms with Gasteiger partial charge >= 0.3 is 0 Å². The third kappa shape index (κ3) is 3.11. The molecule has 1 heterocycles. The van der Waals surface area contributed by atoms with Crippen molar-refractivity contribution in [3.8, 4) is 5.69 Å². The molecule has 0 saturated carbocycles. The van der Waals surface area contributed by atoms with Crippen LogP contribution in [-0.2, 0) is 6.54 Å². The fourth-order valence-electron chi connectivity index (χ4n) is 1.51. The second kappa shape index (κ2) is 5.40. The summed E-state index contributed by atoms with van der Waals surface area (Å²) in [7, 11) is 0. The monoisotopic (exact) mass is 270 g/mol. The van der Waals surface area contributed by atoms with E-state index in [1.165, 1.54) is 6.20 Å². The van der Waals surface area contributed by atoms with Gasteiger partial charge in [0.1, 0.15) is 11.5 Å². The minimum atomic E-state index is -1.26.